The third kappa shape index (κ3) is 4.36. The SMILES string of the molecule is CCC(CC)C(=O)NCCC(=O)N1CCCC1. The molecule has 0 aliphatic carbocycles. The van der Waals surface area contributed by atoms with E-state index >= 15 is 0 Å². The summed E-state index contributed by atoms with van der Waals surface area (Å²) in [5.41, 5.74) is 0. The van der Waals surface area contributed by atoms with Crippen LogP contribution in [0.2, 0.25) is 0 Å². The molecule has 1 N–H and O–H groups in total. The normalized spacial score (nSPS) is 15.4. The zero-order valence-corrected chi connectivity index (χ0v) is 11.0. The molecule has 0 aromatic carbocycles. The van der Waals surface area contributed by atoms with E-state index in [1.807, 2.05) is 18.7 Å². The van der Waals surface area contributed by atoms with Gasteiger partial charge in [0.1, 0.15) is 0 Å². The quantitative estimate of drug-likeness (QED) is 0.766. The van der Waals surface area contributed by atoms with Gasteiger partial charge in [0.15, 0.2) is 0 Å². The summed E-state index contributed by atoms with van der Waals surface area (Å²) in [5, 5.41) is 2.85. The predicted molar refractivity (Wildman–Crippen MR) is 67.5 cm³/mol. The highest BCUT2D eigenvalue weighted by Crippen LogP contribution is 2.09. The summed E-state index contributed by atoms with van der Waals surface area (Å²) in [6.07, 6.45) is 4.40. The summed E-state index contributed by atoms with van der Waals surface area (Å²) in [5.74, 6) is 0.355. The van der Waals surface area contributed by atoms with Gasteiger partial charge >= 0.3 is 0 Å². The van der Waals surface area contributed by atoms with Crippen molar-refractivity contribution in [2.24, 2.45) is 5.92 Å². The lowest BCUT2D eigenvalue weighted by molar-refractivity contribution is -0.130. The molecule has 1 aliphatic rings. The van der Waals surface area contributed by atoms with Crippen molar-refractivity contribution in [2.45, 2.75) is 46.0 Å². The van der Waals surface area contributed by atoms with Gasteiger partial charge in [-0.3, -0.25) is 9.59 Å². The van der Waals surface area contributed by atoms with Crippen LogP contribution in [-0.2, 0) is 9.59 Å². The molecule has 0 unspecified atom stereocenters. The molecule has 0 saturated carbocycles. The molecule has 4 nitrogen and oxygen atoms in total. The molecule has 1 fully saturated rings. The molecule has 0 aromatic heterocycles. The first-order valence-electron chi connectivity index (χ1n) is 6.74. The molecule has 1 heterocycles. The maximum absolute atomic E-state index is 11.7. The van der Waals surface area contributed by atoms with Crippen LogP contribution in [0.15, 0.2) is 0 Å². The summed E-state index contributed by atoms with van der Waals surface area (Å²) in [7, 11) is 0. The average molecular weight is 240 g/mol. The molecule has 1 saturated heterocycles. The number of nitrogens with one attached hydrogen (secondary N) is 1. The fourth-order valence-electron chi connectivity index (χ4n) is 2.22. The molecular weight excluding hydrogens is 216 g/mol. The van der Waals surface area contributed by atoms with Gasteiger partial charge in [-0.15, -0.1) is 0 Å². The summed E-state index contributed by atoms with van der Waals surface area (Å²) < 4.78 is 0. The molecule has 1 aliphatic heterocycles. The van der Waals surface area contributed by atoms with Crippen LogP contribution in [0.4, 0.5) is 0 Å². The highest BCUT2D eigenvalue weighted by molar-refractivity contribution is 5.80. The summed E-state index contributed by atoms with van der Waals surface area (Å²) >= 11 is 0. The number of nitrogens with zero attached hydrogens (tertiary/aromatic N) is 1. The number of hydrogen-bond acceptors (Lipinski definition) is 2. The van der Waals surface area contributed by atoms with E-state index in [9.17, 15) is 9.59 Å². The molecule has 0 atom stereocenters. The fourth-order valence-corrected chi connectivity index (χ4v) is 2.22. The van der Waals surface area contributed by atoms with E-state index in [4.69, 9.17) is 0 Å². The molecular formula is C13H24N2O2. The van der Waals surface area contributed by atoms with Crippen LogP contribution in [0.1, 0.15) is 46.0 Å². The smallest absolute Gasteiger partial charge is 0.224 e. The lowest BCUT2D eigenvalue weighted by Gasteiger charge is -2.16. The second-order valence-corrected chi connectivity index (χ2v) is 4.64. The maximum atomic E-state index is 11.7. The third-order valence-electron chi connectivity index (χ3n) is 3.45. The standard InChI is InChI=1S/C13H24N2O2/c1-3-11(4-2)13(17)14-8-7-12(16)15-9-5-6-10-15/h11H,3-10H2,1-2H3,(H,14,17). The first kappa shape index (κ1) is 14.0. The summed E-state index contributed by atoms with van der Waals surface area (Å²) in [6, 6.07) is 0. The monoisotopic (exact) mass is 240 g/mol. The predicted octanol–water partition coefficient (Wildman–Crippen LogP) is 1.55. The molecule has 1 rings (SSSR count). The highest BCUT2D eigenvalue weighted by atomic mass is 16.2. The van der Waals surface area contributed by atoms with Gasteiger partial charge in [0.25, 0.3) is 0 Å². The van der Waals surface area contributed by atoms with E-state index in [-0.39, 0.29) is 17.7 Å². The zero-order valence-electron chi connectivity index (χ0n) is 11.0. The van der Waals surface area contributed by atoms with E-state index in [1.165, 1.54) is 0 Å². The number of carbonyl (C=O) groups excluding carboxylic acids is 2. The van der Waals surface area contributed by atoms with Gasteiger partial charge in [-0.1, -0.05) is 13.8 Å². The van der Waals surface area contributed by atoms with E-state index < -0.39 is 0 Å². The molecule has 0 radical (unpaired) electrons. The second kappa shape index (κ2) is 7.30. The Balaban J connectivity index is 2.18. The first-order valence-corrected chi connectivity index (χ1v) is 6.74. The van der Waals surface area contributed by atoms with Crippen LogP contribution in [0.25, 0.3) is 0 Å². The zero-order chi connectivity index (χ0) is 12.7. The minimum atomic E-state index is 0.0872. The lowest BCUT2D eigenvalue weighted by atomic mass is 10.0. The number of carbonyl (C=O) groups is 2. The molecule has 98 valence electrons. The van der Waals surface area contributed by atoms with Crippen molar-refractivity contribution in [1.29, 1.82) is 0 Å². The van der Waals surface area contributed by atoms with Crippen molar-refractivity contribution in [1.82, 2.24) is 10.2 Å². The Labute approximate surface area is 104 Å². The Morgan fingerprint density at radius 3 is 2.29 bits per heavy atom. The first-order chi connectivity index (χ1) is 8.19. The molecule has 0 bridgehead atoms. The topological polar surface area (TPSA) is 49.4 Å². The van der Waals surface area contributed by atoms with Gasteiger partial charge in [-0.25, -0.2) is 0 Å². The van der Waals surface area contributed by atoms with Gasteiger partial charge < -0.3 is 10.2 Å². The average Bonchev–Trinajstić information content (AvgIpc) is 2.84. The van der Waals surface area contributed by atoms with E-state index in [0.717, 1.165) is 38.8 Å². The van der Waals surface area contributed by atoms with Crippen molar-refractivity contribution >= 4 is 11.8 Å². The van der Waals surface area contributed by atoms with Crippen molar-refractivity contribution in [3.05, 3.63) is 0 Å². The van der Waals surface area contributed by atoms with Gasteiger partial charge in [0.2, 0.25) is 11.8 Å². The van der Waals surface area contributed by atoms with Crippen LogP contribution in [0.3, 0.4) is 0 Å². The van der Waals surface area contributed by atoms with Crippen LogP contribution >= 0.6 is 0 Å². The Kier molecular flexibility index (Phi) is 6.01. The fraction of sp³-hybridized carbons (Fsp3) is 0.846. The Bertz CT molecular complexity index is 242. The van der Waals surface area contributed by atoms with Crippen LogP contribution in [-0.4, -0.2) is 36.3 Å². The lowest BCUT2D eigenvalue weighted by Crippen LogP contribution is -2.35. The van der Waals surface area contributed by atoms with Crippen molar-refractivity contribution in [3.63, 3.8) is 0 Å². The Hall–Kier alpha value is -1.06. The Morgan fingerprint density at radius 1 is 1.18 bits per heavy atom. The van der Waals surface area contributed by atoms with E-state index in [0.29, 0.717) is 13.0 Å². The van der Waals surface area contributed by atoms with E-state index in [2.05, 4.69) is 5.32 Å². The summed E-state index contributed by atoms with van der Waals surface area (Å²) in [6.45, 7) is 6.29. The molecule has 0 spiro atoms. The van der Waals surface area contributed by atoms with Crippen LogP contribution in [0.5, 0.6) is 0 Å². The van der Waals surface area contributed by atoms with Crippen molar-refractivity contribution in [2.75, 3.05) is 19.6 Å². The van der Waals surface area contributed by atoms with Crippen molar-refractivity contribution < 1.29 is 9.59 Å². The highest BCUT2D eigenvalue weighted by Gasteiger charge is 2.18. The maximum Gasteiger partial charge on any atom is 0.224 e. The molecule has 0 aromatic rings. The largest absolute Gasteiger partial charge is 0.355 e. The van der Waals surface area contributed by atoms with Gasteiger partial charge in [-0.05, 0) is 25.7 Å². The van der Waals surface area contributed by atoms with E-state index in [1.54, 1.807) is 0 Å². The molecule has 2 amide bonds. The van der Waals surface area contributed by atoms with Gasteiger partial charge in [0.05, 0.1) is 0 Å². The number of hydrogen-bond donors (Lipinski definition) is 1. The van der Waals surface area contributed by atoms with Crippen LogP contribution in [0, 0.1) is 5.92 Å². The van der Waals surface area contributed by atoms with Crippen molar-refractivity contribution in [3.8, 4) is 0 Å². The summed E-state index contributed by atoms with van der Waals surface area (Å²) in [4.78, 5) is 25.3. The third-order valence-corrected chi connectivity index (χ3v) is 3.45. The van der Waals surface area contributed by atoms with Gasteiger partial charge in [0, 0.05) is 32.0 Å². The number of rotatable bonds is 6. The second-order valence-electron chi connectivity index (χ2n) is 4.64. The van der Waals surface area contributed by atoms with Crippen LogP contribution < -0.4 is 5.32 Å². The minimum Gasteiger partial charge on any atom is -0.355 e. The minimum absolute atomic E-state index is 0.0872. The number of amides is 2. The molecule has 4 heteroatoms. The Morgan fingerprint density at radius 2 is 1.76 bits per heavy atom. The van der Waals surface area contributed by atoms with Gasteiger partial charge in [-0.2, -0.15) is 0 Å². The molecule has 17 heavy (non-hydrogen) atoms. The number of likely N-dealkylation sites (tertiary alicyclic amines) is 1.